The lowest BCUT2D eigenvalue weighted by atomic mass is 9.87. The van der Waals surface area contributed by atoms with Crippen molar-refractivity contribution >= 4 is 23.3 Å². The largest absolute Gasteiger partial charge is 0.496 e. The quantitative estimate of drug-likeness (QED) is 0.451. The molecule has 1 amide bonds. The third-order valence-electron chi connectivity index (χ3n) is 4.76. The Labute approximate surface area is 205 Å². The number of imidazole rings is 1. The van der Waals surface area contributed by atoms with E-state index in [0.717, 1.165) is 12.1 Å². The lowest BCUT2D eigenvalue weighted by Gasteiger charge is -2.17. The molecular weight excluding hydrogens is 512 g/mol. The number of nitrogens with zero attached hydrogens (tertiary/aromatic N) is 4. The Morgan fingerprint density at radius 3 is 2.24 bits per heavy atom. The number of carbonyl (C=O) groups is 2. The minimum atomic E-state index is -5.08. The monoisotopic (exact) mass is 531 g/mol. The number of amides is 1. The van der Waals surface area contributed by atoms with Crippen molar-refractivity contribution in [2.24, 2.45) is 0 Å². The van der Waals surface area contributed by atoms with E-state index < -0.39 is 35.3 Å². The number of methoxy groups -OCH3 is 1. The molecule has 198 valence electrons. The smallest absolute Gasteiger partial charge is 0.490 e. The van der Waals surface area contributed by atoms with Crippen LogP contribution in [0.25, 0.3) is 5.65 Å². The zero-order valence-corrected chi connectivity index (χ0v) is 19.4. The molecule has 0 aliphatic heterocycles. The summed E-state index contributed by atoms with van der Waals surface area (Å²) in [5.41, 5.74) is -0.365. The molecule has 0 spiro atoms. The normalized spacial score (nSPS) is 11.8. The first-order valence-electron chi connectivity index (χ1n) is 10.1. The van der Waals surface area contributed by atoms with Gasteiger partial charge < -0.3 is 19.6 Å². The molecule has 9 nitrogen and oxygen atoms in total. The second-order valence-electron chi connectivity index (χ2n) is 8.03. The molecule has 0 radical (unpaired) electrons. The van der Waals surface area contributed by atoms with Crippen LogP contribution in [0.5, 0.6) is 5.75 Å². The number of alkyl halides is 6. The van der Waals surface area contributed by atoms with Gasteiger partial charge in [-0.2, -0.15) is 31.6 Å². The third-order valence-corrected chi connectivity index (χ3v) is 4.76. The van der Waals surface area contributed by atoms with Crippen molar-refractivity contribution in [3.63, 3.8) is 0 Å². The van der Waals surface area contributed by atoms with Gasteiger partial charge in [-0.05, 0) is 12.1 Å². The van der Waals surface area contributed by atoms with E-state index in [4.69, 9.17) is 19.9 Å². The Morgan fingerprint density at radius 2 is 1.73 bits per heavy atom. The Bertz CT molecular complexity index is 1340. The van der Waals surface area contributed by atoms with Gasteiger partial charge in [0.05, 0.1) is 24.4 Å². The maximum Gasteiger partial charge on any atom is 0.490 e. The molecule has 3 rings (SSSR count). The fraction of sp³-hybridized carbons (Fsp3) is 0.318. The molecule has 0 aliphatic rings. The van der Waals surface area contributed by atoms with E-state index in [0.29, 0.717) is 11.3 Å². The van der Waals surface area contributed by atoms with Gasteiger partial charge in [-0.3, -0.25) is 4.79 Å². The van der Waals surface area contributed by atoms with E-state index in [9.17, 15) is 31.1 Å². The number of pyridine rings is 2. The van der Waals surface area contributed by atoms with Crippen LogP contribution in [-0.2, 0) is 16.4 Å². The molecule has 0 atom stereocenters. The van der Waals surface area contributed by atoms with E-state index in [1.807, 2.05) is 13.8 Å². The zero-order chi connectivity index (χ0) is 28.2. The predicted octanol–water partition coefficient (Wildman–Crippen LogP) is 4.83. The number of rotatable bonds is 5. The molecule has 3 aromatic heterocycles. The molecule has 0 saturated heterocycles. The summed E-state index contributed by atoms with van der Waals surface area (Å²) in [6.07, 6.45) is -6.29. The summed E-state index contributed by atoms with van der Waals surface area (Å²) in [4.78, 5) is 29.5. The maximum absolute atomic E-state index is 12.8. The van der Waals surface area contributed by atoms with Gasteiger partial charge in [-0.25, -0.2) is 14.8 Å². The lowest BCUT2D eigenvalue weighted by Crippen LogP contribution is -2.21. The van der Waals surface area contributed by atoms with Gasteiger partial charge >= 0.3 is 18.3 Å². The predicted molar refractivity (Wildman–Crippen MR) is 116 cm³/mol. The Hall–Kier alpha value is -4.35. The second kappa shape index (κ2) is 10.7. The summed E-state index contributed by atoms with van der Waals surface area (Å²) in [5.74, 6) is -3.49. The van der Waals surface area contributed by atoms with E-state index in [-0.39, 0.29) is 23.6 Å². The molecule has 37 heavy (non-hydrogen) atoms. The van der Waals surface area contributed by atoms with Crippen LogP contribution in [0.1, 0.15) is 42.0 Å². The molecule has 0 unspecified atom stereocenters. The second-order valence-corrected chi connectivity index (χ2v) is 8.03. The van der Waals surface area contributed by atoms with Crippen molar-refractivity contribution in [1.29, 1.82) is 5.26 Å². The molecule has 0 fully saturated rings. The molecule has 2 N–H and O–H groups in total. The van der Waals surface area contributed by atoms with E-state index in [1.165, 1.54) is 19.4 Å². The van der Waals surface area contributed by atoms with Crippen LogP contribution >= 0.6 is 0 Å². The Morgan fingerprint density at radius 1 is 1.11 bits per heavy atom. The standard InChI is InChI=1S/C20H18F3N5O2.C2HF3O2/c1-19(2,7-8-24)15-11-28-10-12(13(30-3)9-17(28)26-15)18(29)27-16-6-4-5-14(25-16)20(21,22)23;3-2(4,5)1(6)7/h4-6,9-11H,7H2,1-3H3,(H,25,27,29);(H,6,7). The van der Waals surface area contributed by atoms with Crippen LogP contribution in [0.4, 0.5) is 32.2 Å². The number of aliphatic carboxylic acids is 1. The molecule has 3 heterocycles. The van der Waals surface area contributed by atoms with Crippen molar-refractivity contribution < 1.29 is 45.8 Å². The number of aromatic nitrogens is 3. The topological polar surface area (TPSA) is 130 Å². The first-order chi connectivity index (χ1) is 17.0. The number of nitriles is 1. The molecule has 3 aromatic rings. The highest BCUT2D eigenvalue weighted by Gasteiger charge is 2.38. The highest BCUT2D eigenvalue weighted by atomic mass is 19.4. The highest BCUT2D eigenvalue weighted by molar-refractivity contribution is 6.05. The van der Waals surface area contributed by atoms with Gasteiger partial charge in [-0.1, -0.05) is 19.9 Å². The zero-order valence-electron chi connectivity index (χ0n) is 19.4. The molecule has 0 saturated carbocycles. The number of halogens is 6. The lowest BCUT2D eigenvalue weighted by molar-refractivity contribution is -0.192. The minimum Gasteiger partial charge on any atom is -0.496 e. The number of anilines is 1. The highest BCUT2D eigenvalue weighted by Crippen LogP contribution is 2.30. The van der Waals surface area contributed by atoms with Gasteiger partial charge in [0.1, 0.15) is 22.9 Å². The van der Waals surface area contributed by atoms with Gasteiger partial charge in [0.25, 0.3) is 5.91 Å². The summed E-state index contributed by atoms with van der Waals surface area (Å²) in [7, 11) is 1.37. The number of ether oxygens (including phenoxy) is 1. The number of hydrogen-bond acceptors (Lipinski definition) is 6. The van der Waals surface area contributed by atoms with Gasteiger partial charge in [0.15, 0.2) is 0 Å². The average Bonchev–Trinajstić information content (AvgIpc) is 3.21. The average molecular weight is 531 g/mol. The van der Waals surface area contributed by atoms with E-state index in [1.54, 1.807) is 16.7 Å². The van der Waals surface area contributed by atoms with Gasteiger partial charge in [0.2, 0.25) is 0 Å². The number of carbonyl (C=O) groups excluding carboxylic acids is 1. The molecule has 15 heteroatoms. The third kappa shape index (κ3) is 7.32. The van der Waals surface area contributed by atoms with Crippen LogP contribution in [0.2, 0.25) is 0 Å². The number of hydrogen-bond donors (Lipinski definition) is 2. The van der Waals surface area contributed by atoms with Crippen molar-refractivity contribution in [1.82, 2.24) is 14.4 Å². The van der Waals surface area contributed by atoms with Crippen LogP contribution in [0.3, 0.4) is 0 Å². The van der Waals surface area contributed by atoms with Gasteiger partial charge in [0, 0.05) is 30.3 Å². The van der Waals surface area contributed by atoms with Crippen molar-refractivity contribution in [2.45, 2.75) is 38.0 Å². The molecule has 0 aliphatic carbocycles. The SMILES string of the molecule is COc1cc2nc(C(C)(C)CC#N)cn2cc1C(=O)Nc1cccc(C(F)(F)F)n1.O=C(O)C(F)(F)F. The maximum atomic E-state index is 12.8. The van der Waals surface area contributed by atoms with Crippen LogP contribution in [0, 0.1) is 11.3 Å². The van der Waals surface area contributed by atoms with Crippen molar-refractivity contribution in [3.8, 4) is 11.8 Å². The van der Waals surface area contributed by atoms with E-state index >= 15 is 0 Å². The first-order valence-corrected chi connectivity index (χ1v) is 10.1. The van der Waals surface area contributed by atoms with Crippen LogP contribution in [0.15, 0.2) is 36.7 Å². The molecule has 0 bridgehead atoms. The Balaban J connectivity index is 0.000000604. The number of nitrogens with one attached hydrogen (secondary N) is 1. The summed E-state index contributed by atoms with van der Waals surface area (Å²) < 4.78 is 77.2. The first kappa shape index (κ1) is 28.9. The number of fused-ring (bicyclic) bond motifs is 1. The minimum absolute atomic E-state index is 0.0891. The van der Waals surface area contributed by atoms with Crippen LogP contribution in [-0.4, -0.2) is 44.6 Å². The molecular formula is C22H19F6N5O4. The fourth-order valence-corrected chi connectivity index (χ4v) is 2.82. The number of carboxylic acid groups (broad SMARTS) is 1. The summed E-state index contributed by atoms with van der Waals surface area (Å²) in [6.45, 7) is 3.75. The van der Waals surface area contributed by atoms with Crippen LogP contribution < -0.4 is 10.1 Å². The Kier molecular flexibility index (Phi) is 8.37. The summed E-state index contributed by atoms with van der Waals surface area (Å²) in [5, 5.41) is 18.5. The summed E-state index contributed by atoms with van der Waals surface area (Å²) in [6, 6.07) is 6.90. The van der Waals surface area contributed by atoms with E-state index in [2.05, 4.69) is 21.4 Å². The van der Waals surface area contributed by atoms with Gasteiger partial charge in [-0.15, -0.1) is 0 Å². The van der Waals surface area contributed by atoms with Crippen molar-refractivity contribution in [2.75, 3.05) is 12.4 Å². The summed E-state index contributed by atoms with van der Waals surface area (Å²) >= 11 is 0. The number of carboxylic acids is 1. The molecule has 0 aromatic carbocycles. The fourth-order valence-electron chi connectivity index (χ4n) is 2.82. The van der Waals surface area contributed by atoms with Crippen molar-refractivity contribution in [3.05, 3.63) is 53.6 Å².